The van der Waals surface area contributed by atoms with Crippen molar-refractivity contribution in [3.05, 3.63) is 35.6 Å². The standard InChI is InChI=1S/C12H16FN3O/c13-10-4-2-9(3-5-10)11-8-12(17)16(15-11)7-1-6-14/h2-5,11,15H,1,6-8,14H2. The highest BCUT2D eigenvalue weighted by molar-refractivity contribution is 5.78. The van der Waals surface area contributed by atoms with E-state index in [4.69, 9.17) is 5.73 Å². The number of carbonyl (C=O) groups excluding carboxylic acids is 1. The first kappa shape index (κ1) is 12.0. The molecule has 0 aromatic heterocycles. The van der Waals surface area contributed by atoms with Crippen LogP contribution < -0.4 is 11.2 Å². The Hall–Kier alpha value is -1.46. The predicted octanol–water partition coefficient (Wildman–Crippen LogP) is 0.952. The largest absolute Gasteiger partial charge is 0.330 e. The summed E-state index contributed by atoms with van der Waals surface area (Å²) in [5.74, 6) is -0.203. The summed E-state index contributed by atoms with van der Waals surface area (Å²) in [6.07, 6.45) is 1.19. The van der Waals surface area contributed by atoms with Crippen LogP contribution >= 0.6 is 0 Å². The first-order valence-corrected chi connectivity index (χ1v) is 5.73. The predicted molar refractivity (Wildman–Crippen MR) is 62.3 cm³/mol. The van der Waals surface area contributed by atoms with Crippen LogP contribution in [-0.2, 0) is 4.79 Å². The number of nitrogens with two attached hydrogens (primary N) is 1. The lowest BCUT2D eigenvalue weighted by Gasteiger charge is -2.17. The number of nitrogens with zero attached hydrogens (tertiary/aromatic N) is 1. The van der Waals surface area contributed by atoms with Gasteiger partial charge in [0.05, 0.1) is 6.04 Å². The van der Waals surface area contributed by atoms with E-state index in [1.54, 1.807) is 17.1 Å². The molecule has 1 saturated heterocycles. The van der Waals surface area contributed by atoms with Gasteiger partial charge in [0.2, 0.25) is 5.91 Å². The lowest BCUT2D eigenvalue weighted by molar-refractivity contribution is -0.129. The highest BCUT2D eigenvalue weighted by Crippen LogP contribution is 2.23. The maximum absolute atomic E-state index is 12.8. The topological polar surface area (TPSA) is 58.4 Å². The maximum Gasteiger partial charge on any atom is 0.238 e. The fourth-order valence-electron chi connectivity index (χ4n) is 1.92. The number of rotatable bonds is 4. The SMILES string of the molecule is NCCCN1NC(c2ccc(F)cc2)CC1=O. The fourth-order valence-corrected chi connectivity index (χ4v) is 1.92. The summed E-state index contributed by atoms with van der Waals surface area (Å²) in [4.78, 5) is 11.7. The average Bonchev–Trinajstić information content (AvgIpc) is 2.69. The van der Waals surface area contributed by atoms with Crippen molar-refractivity contribution in [3.63, 3.8) is 0 Å². The molecule has 4 nitrogen and oxygen atoms in total. The van der Waals surface area contributed by atoms with Gasteiger partial charge in [0.1, 0.15) is 5.82 Å². The van der Waals surface area contributed by atoms with E-state index < -0.39 is 0 Å². The van der Waals surface area contributed by atoms with Gasteiger partial charge in [-0.15, -0.1) is 0 Å². The van der Waals surface area contributed by atoms with Crippen LogP contribution in [0, 0.1) is 5.82 Å². The molecular weight excluding hydrogens is 221 g/mol. The lowest BCUT2D eigenvalue weighted by atomic mass is 10.1. The van der Waals surface area contributed by atoms with Crippen molar-refractivity contribution >= 4 is 5.91 Å². The van der Waals surface area contributed by atoms with E-state index in [2.05, 4.69) is 5.43 Å². The van der Waals surface area contributed by atoms with Gasteiger partial charge < -0.3 is 5.73 Å². The van der Waals surface area contributed by atoms with Crippen LogP contribution in [0.4, 0.5) is 4.39 Å². The third-order valence-electron chi connectivity index (χ3n) is 2.85. The Morgan fingerprint density at radius 2 is 2.12 bits per heavy atom. The van der Waals surface area contributed by atoms with Crippen LogP contribution in [0.5, 0.6) is 0 Å². The summed E-state index contributed by atoms with van der Waals surface area (Å²) in [5.41, 5.74) is 9.45. The molecule has 17 heavy (non-hydrogen) atoms. The molecular formula is C12H16FN3O. The Morgan fingerprint density at radius 1 is 1.41 bits per heavy atom. The average molecular weight is 237 g/mol. The Kier molecular flexibility index (Phi) is 3.71. The number of hydrogen-bond acceptors (Lipinski definition) is 3. The summed E-state index contributed by atoms with van der Waals surface area (Å²) in [7, 11) is 0. The van der Waals surface area contributed by atoms with E-state index >= 15 is 0 Å². The van der Waals surface area contributed by atoms with E-state index in [0.29, 0.717) is 19.5 Å². The second kappa shape index (κ2) is 5.25. The normalized spacial score (nSPS) is 20.0. The fraction of sp³-hybridized carbons (Fsp3) is 0.417. The lowest BCUT2D eigenvalue weighted by Crippen LogP contribution is -2.36. The van der Waals surface area contributed by atoms with Crippen molar-refractivity contribution in [2.24, 2.45) is 5.73 Å². The van der Waals surface area contributed by atoms with Crippen LogP contribution in [0.2, 0.25) is 0 Å². The van der Waals surface area contributed by atoms with Gasteiger partial charge in [-0.3, -0.25) is 9.80 Å². The number of amides is 1. The molecule has 1 aliphatic rings. The van der Waals surface area contributed by atoms with Crippen molar-refractivity contribution in [1.82, 2.24) is 10.4 Å². The summed E-state index contributed by atoms with van der Waals surface area (Å²) < 4.78 is 12.8. The molecule has 3 N–H and O–H groups in total. The second-order valence-corrected chi connectivity index (χ2v) is 4.12. The molecule has 0 bridgehead atoms. The quantitative estimate of drug-likeness (QED) is 0.819. The number of nitrogens with one attached hydrogen (secondary N) is 1. The third-order valence-corrected chi connectivity index (χ3v) is 2.85. The molecule has 1 unspecified atom stereocenters. The molecule has 0 aliphatic carbocycles. The monoisotopic (exact) mass is 237 g/mol. The highest BCUT2D eigenvalue weighted by atomic mass is 19.1. The number of hydrogen-bond donors (Lipinski definition) is 2. The molecule has 1 fully saturated rings. The van der Waals surface area contributed by atoms with Crippen LogP contribution in [0.3, 0.4) is 0 Å². The molecule has 1 amide bonds. The Labute approximate surface area is 99.6 Å². The van der Waals surface area contributed by atoms with Gasteiger partial charge in [0, 0.05) is 13.0 Å². The highest BCUT2D eigenvalue weighted by Gasteiger charge is 2.29. The van der Waals surface area contributed by atoms with Crippen LogP contribution in [0.1, 0.15) is 24.4 Å². The summed E-state index contributed by atoms with van der Waals surface area (Å²) in [5, 5.41) is 1.60. The molecule has 0 spiro atoms. The van der Waals surface area contributed by atoms with Crippen molar-refractivity contribution < 1.29 is 9.18 Å². The van der Waals surface area contributed by atoms with E-state index in [0.717, 1.165) is 12.0 Å². The molecule has 1 aromatic rings. The number of carbonyl (C=O) groups is 1. The zero-order valence-electron chi connectivity index (χ0n) is 9.53. The first-order valence-electron chi connectivity index (χ1n) is 5.73. The summed E-state index contributed by atoms with van der Waals surface area (Å²) >= 11 is 0. The van der Waals surface area contributed by atoms with Crippen molar-refractivity contribution in [1.29, 1.82) is 0 Å². The minimum Gasteiger partial charge on any atom is -0.330 e. The molecule has 92 valence electrons. The summed E-state index contributed by atoms with van der Waals surface area (Å²) in [6, 6.07) is 6.16. The van der Waals surface area contributed by atoms with Crippen molar-refractivity contribution in [2.75, 3.05) is 13.1 Å². The van der Waals surface area contributed by atoms with Crippen LogP contribution in [-0.4, -0.2) is 24.0 Å². The minimum atomic E-state index is -0.266. The molecule has 2 rings (SSSR count). The van der Waals surface area contributed by atoms with Crippen molar-refractivity contribution in [2.45, 2.75) is 18.9 Å². The molecule has 1 heterocycles. The molecule has 1 aromatic carbocycles. The van der Waals surface area contributed by atoms with Gasteiger partial charge >= 0.3 is 0 Å². The van der Waals surface area contributed by atoms with Gasteiger partial charge in [0.25, 0.3) is 0 Å². The van der Waals surface area contributed by atoms with E-state index in [-0.39, 0.29) is 17.8 Å². The first-order chi connectivity index (χ1) is 8.20. The Morgan fingerprint density at radius 3 is 2.76 bits per heavy atom. The zero-order valence-corrected chi connectivity index (χ0v) is 9.53. The van der Waals surface area contributed by atoms with E-state index in [1.807, 2.05) is 0 Å². The maximum atomic E-state index is 12.8. The zero-order chi connectivity index (χ0) is 12.3. The Balaban J connectivity index is 2.00. The van der Waals surface area contributed by atoms with E-state index in [1.165, 1.54) is 12.1 Å². The summed E-state index contributed by atoms with van der Waals surface area (Å²) in [6.45, 7) is 1.18. The molecule has 5 heteroatoms. The number of halogens is 1. The van der Waals surface area contributed by atoms with Gasteiger partial charge in [-0.05, 0) is 30.7 Å². The molecule has 0 radical (unpaired) electrons. The third kappa shape index (κ3) is 2.81. The number of benzene rings is 1. The van der Waals surface area contributed by atoms with Gasteiger partial charge in [0.15, 0.2) is 0 Å². The van der Waals surface area contributed by atoms with Gasteiger partial charge in [-0.2, -0.15) is 0 Å². The second-order valence-electron chi connectivity index (χ2n) is 4.12. The van der Waals surface area contributed by atoms with E-state index in [9.17, 15) is 9.18 Å². The minimum absolute atomic E-state index is 0.0547. The van der Waals surface area contributed by atoms with Gasteiger partial charge in [-0.1, -0.05) is 12.1 Å². The molecule has 1 atom stereocenters. The number of hydrazine groups is 1. The van der Waals surface area contributed by atoms with Gasteiger partial charge in [-0.25, -0.2) is 9.82 Å². The molecule has 0 saturated carbocycles. The van der Waals surface area contributed by atoms with Crippen LogP contribution in [0.15, 0.2) is 24.3 Å². The smallest absolute Gasteiger partial charge is 0.238 e. The molecule has 1 aliphatic heterocycles. The van der Waals surface area contributed by atoms with Crippen molar-refractivity contribution in [3.8, 4) is 0 Å². The Bertz CT molecular complexity index is 393. The van der Waals surface area contributed by atoms with Crippen LogP contribution in [0.25, 0.3) is 0 Å².